The number of carbonyl (C=O) groups excluding carboxylic acids is 1. The molecule has 0 saturated heterocycles. The van der Waals surface area contributed by atoms with Crippen LogP contribution in [-0.2, 0) is 9.53 Å². The number of ether oxygens (including phenoxy) is 1. The third-order valence-electron chi connectivity index (χ3n) is 2.98. The van der Waals surface area contributed by atoms with E-state index >= 15 is 0 Å². The highest BCUT2D eigenvalue weighted by atomic mass is 16.5. The summed E-state index contributed by atoms with van der Waals surface area (Å²) in [6.07, 6.45) is 2.65. The van der Waals surface area contributed by atoms with E-state index in [9.17, 15) is 9.59 Å². The van der Waals surface area contributed by atoms with Crippen LogP contribution >= 0.6 is 0 Å². The number of benzene rings is 2. The zero-order valence-corrected chi connectivity index (χ0v) is 11.4. The average Bonchev–Trinajstić information content (AvgIpc) is 2.52. The predicted octanol–water partition coefficient (Wildman–Crippen LogP) is 3.24. The summed E-state index contributed by atoms with van der Waals surface area (Å²) in [4.78, 5) is 22.0. The first kappa shape index (κ1) is 14.5. The van der Waals surface area contributed by atoms with Crippen LogP contribution in [0.5, 0.6) is 0 Å². The number of methoxy groups -OCH3 is 1. The molecule has 0 aliphatic heterocycles. The van der Waals surface area contributed by atoms with Crippen LogP contribution in [0.25, 0.3) is 17.2 Å². The van der Waals surface area contributed by atoms with Gasteiger partial charge >= 0.3 is 11.9 Å². The molecule has 0 unspecified atom stereocenters. The Kier molecular flexibility index (Phi) is 4.51. The lowest BCUT2D eigenvalue weighted by Crippen LogP contribution is -2.00. The van der Waals surface area contributed by atoms with Gasteiger partial charge in [-0.3, -0.25) is 0 Å². The van der Waals surface area contributed by atoms with Crippen molar-refractivity contribution in [1.29, 1.82) is 0 Å². The fourth-order valence-electron chi connectivity index (χ4n) is 1.97. The molecule has 0 heterocycles. The van der Waals surface area contributed by atoms with Gasteiger partial charge in [0, 0.05) is 6.08 Å². The van der Waals surface area contributed by atoms with Crippen molar-refractivity contribution in [3.63, 3.8) is 0 Å². The van der Waals surface area contributed by atoms with Crippen molar-refractivity contribution in [1.82, 2.24) is 0 Å². The Hall–Kier alpha value is -2.88. The molecule has 1 N–H and O–H groups in total. The van der Waals surface area contributed by atoms with E-state index in [-0.39, 0.29) is 5.97 Å². The summed E-state index contributed by atoms with van der Waals surface area (Å²) in [5.74, 6) is -1.38. The van der Waals surface area contributed by atoms with Crippen LogP contribution in [0.15, 0.2) is 54.6 Å². The summed E-state index contributed by atoms with van der Waals surface area (Å²) in [5.41, 5.74) is 3.06. The second-order valence-corrected chi connectivity index (χ2v) is 4.33. The molecule has 0 aromatic heterocycles. The molecule has 0 atom stereocenters. The maximum absolute atomic E-state index is 11.4. The van der Waals surface area contributed by atoms with Gasteiger partial charge in [0.1, 0.15) is 0 Å². The van der Waals surface area contributed by atoms with Gasteiger partial charge in [-0.1, -0.05) is 36.4 Å². The molecule has 0 amide bonds. The Balaban J connectivity index is 2.38. The zero-order chi connectivity index (χ0) is 15.2. The second-order valence-electron chi connectivity index (χ2n) is 4.33. The fraction of sp³-hybridized carbons (Fsp3) is 0.0588. The molecule has 2 rings (SSSR count). The second kappa shape index (κ2) is 6.52. The van der Waals surface area contributed by atoms with Gasteiger partial charge in [0.2, 0.25) is 0 Å². The maximum Gasteiger partial charge on any atom is 0.337 e. The van der Waals surface area contributed by atoms with Crippen molar-refractivity contribution >= 4 is 18.0 Å². The van der Waals surface area contributed by atoms with Crippen LogP contribution < -0.4 is 0 Å². The summed E-state index contributed by atoms with van der Waals surface area (Å²) in [5, 5.41) is 8.72. The van der Waals surface area contributed by atoms with Crippen LogP contribution in [-0.4, -0.2) is 24.2 Å². The highest BCUT2D eigenvalue weighted by Crippen LogP contribution is 2.25. The Morgan fingerprint density at radius 2 is 1.71 bits per heavy atom. The number of aliphatic carboxylic acids is 1. The van der Waals surface area contributed by atoms with Crippen LogP contribution in [0, 0.1) is 0 Å². The standard InChI is InChI=1S/C17H14O4/c1-21-17(20)14-8-6-13(7-9-14)15-5-3-2-4-12(15)10-11-16(18)19/h2-11H,1H3,(H,18,19)/b11-10+. The topological polar surface area (TPSA) is 63.6 Å². The van der Waals surface area contributed by atoms with Crippen molar-refractivity contribution in [2.75, 3.05) is 7.11 Å². The number of carbonyl (C=O) groups is 2. The molecule has 4 heteroatoms. The molecule has 0 aliphatic carbocycles. The van der Waals surface area contributed by atoms with Crippen molar-refractivity contribution in [3.05, 3.63) is 65.7 Å². The number of hydrogen-bond acceptors (Lipinski definition) is 3. The number of carboxylic acid groups (broad SMARTS) is 1. The molecule has 21 heavy (non-hydrogen) atoms. The van der Waals surface area contributed by atoms with E-state index in [2.05, 4.69) is 4.74 Å². The molecule has 0 spiro atoms. The zero-order valence-electron chi connectivity index (χ0n) is 11.4. The average molecular weight is 282 g/mol. The minimum atomic E-state index is -0.995. The minimum absolute atomic E-state index is 0.388. The van der Waals surface area contributed by atoms with Crippen molar-refractivity contribution in [3.8, 4) is 11.1 Å². The van der Waals surface area contributed by atoms with Gasteiger partial charge in [-0.25, -0.2) is 9.59 Å². The first-order valence-electron chi connectivity index (χ1n) is 6.30. The Morgan fingerprint density at radius 1 is 1.05 bits per heavy atom. The van der Waals surface area contributed by atoms with E-state index in [1.165, 1.54) is 7.11 Å². The minimum Gasteiger partial charge on any atom is -0.478 e. The number of carboxylic acids is 1. The fourth-order valence-corrected chi connectivity index (χ4v) is 1.97. The van der Waals surface area contributed by atoms with Crippen molar-refractivity contribution < 1.29 is 19.4 Å². The van der Waals surface area contributed by atoms with Crippen LogP contribution in [0.3, 0.4) is 0 Å². The smallest absolute Gasteiger partial charge is 0.337 e. The molecule has 2 aromatic rings. The molecular weight excluding hydrogens is 268 g/mol. The monoisotopic (exact) mass is 282 g/mol. The SMILES string of the molecule is COC(=O)c1ccc(-c2ccccc2/C=C/C(=O)O)cc1. The Labute approximate surface area is 122 Å². The summed E-state index contributed by atoms with van der Waals surface area (Å²) < 4.78 is 4.66. The lowest BCUT2D eigenvalue weighted by atomic mass is 9.98. The van der Waals surface area contributed by atoms with Crippen molar-refractivity contribution in [2.24, 2.45) is 0 Å². The van der Waals surface area contributed by atoms with Crippen LogP contribution in [0.4, 0.5) is 0 Å². The quantitative estimate of drug-likeness (QED) is 0.690. The molecule has 2 aromatic carbocycles. The summed E-state index contributed by atoms with van der Waals surface area (Å²) in [6, 6.07) is 14.4. The van der Waals surface area contributed by atoms with Gasteiger partial charge in [-0.2, -0.15) is 0 Å². The van der Waals surface area contributed by atoms with E-state index in [4.69, 9.17) is 5.11 Å². The molecule has 4 nitrogen and oxygen atoms in total. The Bertz CT molecular complexity index is 684. The van der Waals surface area contributed by atoms with Crippen molar-refractivity contribution in [2.45, 2.75) is 0 Å². The van der Waals surface area contributed by atoms with E-state index < -0.39 is 5.97 Å². The molecule has 0 aliphatic rings. The Morgan fingerprint density at radius 3 is 2.33 bits per heavy atom. The lowest BCUT2D eigenvalue weighted by molar-refractivity contribution is -0.131. The normalized spacial score (nSPS) is 10.5. The van der Waals surface area contributed by atoms with Gasteiger partial charge in [0.05, 0.1) is 12.7 Å². The van der Waals surface area contributed by atoms with E-state index in [0.29, 0.717) is 5.56 Å². The summed E-state index contributed by atoms with van der Waals surface area (Å²) in [7, 11) is 1.34. The lowest BCUT2D eigenvalue weighted by Gasteiger charge is -2.07. The van der Waals surface area contributed by atoms with E-state index in [1.807, 2.05) is 24.3 Å². The molecular formula is C17H14O4. The summed E-state index contributed by atoms with van der Waals surface area (Å²) >= 11 is 0. The van der Waals surface area contributed by atoms with Gasteiger partial charge in [-0.05, 0) is 34.9 Å². The third-order valence-corrected chi connectivity index (χ3v) is 2.98. The van der Waals surface area contributed by atoms with Gasteiger partial charge in [0.15, 0.2) is 0 Å². The van der Waals surface area contributed by atoms with Crippen LogP contribution in [0.1, 0.15) is 15.9 Å². The van der Waals surface area contributed by atoms with Gasteiger partial charge in [0.25, 0.3) is 0 Å². The largest absolute Gasteiger partial charge is 0.478 e. The highest BCUT2D eigenvalue weighted by Gasteiger charge is 2.07. The predicted molar refractivity (Wildman–Crippen MR) is 79.9 cm³/mol. The highest BCUT2D eigenvalue weighted by molar-refractivity contribution is 5.91. The van der Waals surface area contributed by atoms with Crippen LogP contribution in [0.2, 0.25) is 0 Å². The van der Waals surface area contributed by atoms with E-state index in [1.54, 1.807) is 30.3 Å². The molecule has 0 bridgehead atoms. The summed E-state index contributed by atoms with van der Waals surface area (Å²) in [6.45, 7) is 0. The molecule has 0 fully saturated rings. The number of esters is 1. The van der Waals surface area contributed by atoms with Gasteiger partial charge in [-0.15, -0.1) is 0 Å². The molecule has 0 radical (unpaired) electrons. The van der Waals surface area contributed by atoms with E-state index in [0.717, 1.165) is 22.8 Å². The third kappa shape index (κ3) is 3.57. The molecule has 106 valence electrons. The number of rotatable bonds is 4. The first-order chi connectivity index (χ1) is 10.1. The maximum atomic E-state index is 11.4. The molecule has 0 saturated carbocycles. The first-order valence-corrected chi connectivity index (χ1v) is 6.30. The van der Waals surface area contributed by atoms with Gasteiger partial charge < -0.3 is 9.84 Å². The number of hydrogen-bond donors (Lipinski definition) is 1.